The Labute approximate surface area is 107 Å². The minimum Gasteiger partial charge on any atom is -0.469 e. The average Bonchev–Trinajstić information content (AvgIpc) is 2.87. The summed E-state index contributed by atoms with van der Waals surface area (Å²) in [7, 11) is 0. The van der Waals surface area contributed by atoms with Gasteiger partial charge in [0.1, 0.15) is 5.76 Å². The van der Waals surface area contributed by atoms with E-state index in [4.69, 9.17) is 16.0 Å². The Hall–Kier alpha value is -1.59. The molecule has 88 valence electrons. The van der Waals surface area contributed by atoms with E-state index in [0.29, 0.717) is 15.7 Å². The van der Waals surface area contributed by atoms with Gasteiger partial charge in [0, 0.05) is 4.88 Å². The third-order valence-corrected chi connectivity index (χ3v) is 3.22. The van der Waals surface area contributed by atoms with Crippen LogP contribution in [0.4, 0.5) is 0 Å². The van der Waals surface area contributed by atoms with Crippen molar-refractivity contribution in [2.24, 2.45) is 5.10 Å². The standard InChI is InChI=1S/C11H9ClN2O2S/c1-7-9(4-5-16-7)11(15)14-13-6-8-2-3-10(12)17-8/h2-6H,1H3,(H,14,15)/b13-6+. The quantitative estimate of drug-likeness (QED) is 0.687. The number of rotatable bonds is 3. The second-order valence-electron chi connectivity index (χ2n) is 3.23. The molecule has 0 unspecified atom stereocenters. The van der Waals surface area contributed by atoms with Crippen LogP contribution >= 0.6 is 22.9 Å². The lowest BCUT2D eigenvalue weighted by atomic mass is 10.2. The molecule has 0 spiro atoms. The van der Waals surface area contributed by atoms with Gasteiger partial charge in [-0.1, -0.05) is 11.6 Å². The van der Waals surface area contributed by atoms with Crippen molar-refractivity contribution in [1.82, 2.24) is 5.43 Å². The van der Waals surface area contributed by atoms with E-state index in [9.17, 15) is 4.79 Å². The molecule has 2 aromatic rings. The van der Waals surface area contributed by atoms with Crippen LogP contribution in [-0.2, 0) is 0 Å². The maximum atomic E-state index is 11.6. The molecular formula is C11H9ClN2O2S. The van der Waals surface area contributed by atoms with E-state index in [1.807, 2.05) is 6.07 Å². The van der Waals surface area contributed by atoms with Gasteiger partial charge >= 0.3 is 0 Å². The number of hydrazone groups is 1. The highest BCUT2D eigenvalue weighted by atomic mass is 35.5. The number of nitrogens with zero attached hydrogens (tertiary/aromatic N) is 1. The van der Waals surface area contributed by atoms with E-state index in [-0.39, 0.29) is 5.91 Å². The molecule has 2 aromatic heterocycles. The molecule has 0 bridgehead atoms. The van der Waals surface area contributed by atoms with Gasteiger partial charge in [-0.3, -0.25) is 4.79 Å². The van der Waals surface area contributed by atoms with Gasteiger partial charge in [-0.15, -0.1) is 11.3 Å². The largest absolute Gasteiger partial charge is 0.469 e. The number of aryl methyl sites for hydroxylation is 1. The molecule has 0 aliphatic rings. The first-order valence-electron chi connectivity index (χ1n) is 4.79. The molecule has 2 rings (SSSR count). The highest BCUT2D eigenvalue weighted by Crippen LogP contribution is 2.19. The smallest absolute Gasteiger partial charge is 0.274 e. The summed E-state index contributed by atoms with van der Waals surface area (Å²) >= 11 is 7.15. The highest BCUT2D eigenvalue weighted by molar-refractivity contribution is 7.17. The van der Waals surface area contributed by atoms with Crippen molar-refractivity contribution < 1.29 is 9.21 Å². The number of amides is 1. The zero-order chi connectivity index (χ0) is 12.3. The first kappa shape index (κ1) is 11.9. The Bertz CT molecular complexity index is 559. The molecule has 6 heteroatoms. The molecule has 0 saturated carbocycles. The molecule has 0 aliphatic heterocycles. The summed E-state index contributed by atoms with van der Waals surface area (Å²) in [4.78, 5) is 12.5. The van der Waals surface area contributed by atoms with Crippen molar-refractivity contribution in [2.45, 2.75) is 6.92 Å². The Morgan fingerprint density at radius 1 is 1.53 bits per heavy atom. The molecule has 2 heterocycles. The van der Waals surface area contributed by atoms with Crippen LogP contribution in [0, 0.1) is 6.92 Å². The van der Waals surface area contributed by atoms with E-state index < -0.39 is 0 Å². The SMILES string of the molecule is Cc1occc1C(=O)N/N=C/c1ccc(Cl)s1. The average molecular weight is 269 g/mol. The zero-order valence-corrected chi connectivity index (χ0v) is 10.5. The summed E-state index contributed by atoms with van der Waals surface area (Å²) in [5.74, 6) is 0.270. The molecule has 0 saturated heterocycles. The van der Waals surface area contributed by atoms with Crippen LogP contribution in [0.25, 0.3) is 0 Å². The normalized spacial score (nSPS) is 10.9. The Morgan fingerprint density at radius 3 is 2.94 bits per heavy atom. The van der Waals surface area contributed by atoms with Gasteiger partial charge in [0.05, 0.1) is 22.4 Å². The van der Waals surface area contributed by atoms with Crippen molar-refractivity contribution in [3.8, 4) is 0 Å². The number of hydrogen-bond acceptors (Lipinski definition) is 4. The van der Waals surface area contributed by atoms with Crippen LogP contribution in [-0.4, -0.2) is 12.1 Å². The van der Waals surface area contributed by atoms with Gasteiger partial charge < -0.3 is 4.42 Å². The first-order valence-corrected chi connectivity index (χ1v) is 5.99. The third kappa shape index (κ3) is 2.95. The van der Waals surface area contributed by atoms with E-state index in [1.165, 1.54) is 17.6 Å². The van der Waals surface area contributed by atoms with Crippen LogP contribution < -0.4 is 5.43 Å². The summed E-state index contributed by atoms with van der Waals surface area (Å²) in [6.45, 7) is 1.72. The van der Waals surface area contributed by atoms with Crippen LogP contribution in [0.3, 0.4) is 0 Å². The highest BCUT2D eigenvalue weighted by Gasteiger charge is 2.09. The van der Waals surface area contributed by atoms with Crippen LogP contribution in [0.2, 0.25) is 4.34 Å². The Balaban J connectivity index is 1.97. The minimum atomic E-state index is -0.296. The number of hydrogen-bond donors (Lipinski definition) is 1. The van der Waals surface area contributed by atoms with Crippen molar-refractivity contribution in [2.75, 3.05) is 0 Å². The molecule has 0 atom stereocenters. The summed E-state index contributed by atoms with van der Waals surface area (Å²) in [6.07, 6.45) is 3.01. The van der Waals surface area contributed by atoms with E-state index in [1.54, 1.807) is 25.3 Å². The number of carbonyl (C=O) groups excluding carboxylic acids is 1. The van der Waals surface area contributed by atoms with Gasteiger partial charge in [0.15, 0.2) is 0 Å². The number of furan rings is 1. The second kappa shape index (κ2) is 5.16. The summed E-state index contributed by atoms with van der Waals surface area (Å²) < 4.78 is 5.71. The van der Waals surface area contributed by atoms with Gasteiger partial charge in [0.25, 0.3) is 5.91 Å². The van der Waals surface area contributed by atoms with Crippen molar-refractivity contribution in [3.63, 3.8) is 0 Å². The fraction of sp³-hybridized carbons (Fsp3) is 0.0909. The molecule has 17 heavy (non-hydrogen) atoms. The predicted molar refractivity (Wildman–Crippen MR) is 67.8 cm³/mol. The third-order valence-electron chi connectivity index (χ3n) is 2.06. The summed E-state index contributed by atoms with van der Waals surface area (Å²) in [5, 5.41) is 3.84. The molecule has 1 N–H and O–H groups in total. The maximum Gasteiger partial charge on any atom is 0.274 e. The molecular weight excluding hydrogens is 260 g/mol. The van der Waals surface area contributed by atoms with Crippen molar-refractivity contribution in [1.29, 1.82) is 0 Å². The lowest BCUT2D eigenvalue weighted by Crippen LogP contribution is -2.17. The predicted octanol–water partition coefficient (Wildman–Crippen LogP) is 3.07. The first-order chi connectivity index (χ1) is 8.16. The van der Waals surface area contributed by atoms with Gasteiger partial charge in [-0.25, -0.2) is 5.43 Å². The summed E-state index contributed by atoms with van der Waals surface area (Å²) in [6, 6.07) is 5.20. The fourth-order valence-electron chi connectivity index (χ4n) is 1.23. The van der Waals surface area contributed by atoms with Crippen molar-refractivity contribution in [3.05, 3.63) is 45.0 Å². The second-order valence-corrected chi connectivity index (χ2v) is 4.98. The summed E-state index contributed by atoms with van der Waals surface area (Å²) in [5.41, 5.74) is 2.90. The number of nitrogens with one attached hydrogen (secondary N) is 1. The van der Waals surface area contributed by atoms with E-state index in [2.05, 4.69) is 10.5 Å². The monoisotopic (exact) mass is 268 g/mol. The Morgan fingerprint density at radius 2 is 2.35 bits per heavy atom. The lowest BCUT2D eigenvalue weighted by molar-refractivity contribution is 0.0953. The minimum absolute atomic E-state index is 0.296. The molecule has 1 amide bonds. The topological polar surface area (TPSA) is 54.6 Å². The lowest BCUT2D eigenvalue weighted by Gasteiger charge is -1.96. The van der Waals surface area contributed by atoms with Crippen molar-refractivity contribution >= 4 is 35.1 Å². The van der Waals surface area contributed by atoms with Gasteiger partial charge in [-0.2, -0.15) is 5.10 Å². The van der Waals surface area contributed by atoms with Crippen LogP contribution in [0.15, 0.2) is 34.0 Å². The van der Waals surface area contributed by atoms with Crippen LogP contribution in [0.5, 0.6) is 0 Å². The number of thiophene rings is 1. The maximum absolute atomic E-state index is 11.6. The molecule has 4 nitrogen and oxygen atoms in total. The van der Waals surface area contributed by atoms with E-state index >= 15 is 0 Å². The van der Waals surface area contributed by atoms with E-state index in [0.717, 1.165) is 4.88 Å². The fourth-order valence-corrected chi connectivity index (χ4v) is 2.17. The Kier molecular flexibility index (Phi) is 3.61. The number of halogens is 1. The van der Waals surface area contributed by atoms with Gasteiger partial charge in [-0.05, 0) is 25.1 Å². The molecule has 0 aliphatic carbocycles. The molecule has 0 fully saturated rings. The zero-order valence-electron chi connectivity index (χ0n) is 8.94. The van der Waals surface area contributed by atoms with Gasteiger partial charge in [0.2, 0.25) is 0 Å². The van der Waals surface area contributed by atoms with Crippen LogP contribution in [0.1, 0.15) is 21.0 Å². The molecule has 0 aromatic carbocycles. The molecule has 0 radical (unpaired) electrons. The number of carbonyl (C=O) groups is 1.